The Morgan fingerprint density at radius 1 is 1.12 bits per heavy atom. The summed E-state index contributed by atoms with van der Waals surface area (Å²) >= 11 is 0. The molecule has 1 aliphatic heterocycles. The maximum atomic E-state index is 12.4. The topological polar surface area (TPSA) is 109 Å². The number of halogens is 3. The lowest BCUT2D eigenvalue weighted by molar-refractivity contribution is -0.274. The summed E-state index contributed by atoms with van der Waals surface area (Å²) in [5, 5.41) is 4.15. The number of ether oxygens (including phenoxy) is 2. The molecule has 1 fully saturated rings. The summed E-state index contributed by atoms with van der Waals surface area (Å²) in [5.41, 5.74) is 5.01. The van der Waals surface area contributed by atoms with Gasteiger partial charge in [-0.25, -0.2) is 0 Å². The Hall–Kier alpha value is -3.73. The van der Waals surface area contributed by atoms with Crippen LogP contribution in [0.25, 0.3) is 16.9 Å². The molecule has 32 heavy (non-hydrogen) atoms. The minimum Gasteiger partial charge on any atom is -0.406 e. The molecule has 0 aliphatic carbocycles. The van der Waals surface area contributed by atoms with Gasteiger partial charge >= 0.3 is 6.36 Å². The number of carbonyl (C=O) groups excluding carboxylic acids is 1. The number of hydrogen-bond donors (Lipinski definition) is 1. The summed E-state index contributed by atoms with van der Waals surface area (Å²) in [6.45, 7) is 2.00. The lowest BCUT2D eigenvalue weighted by atomic mass is 10.1. The van der Waals surface area contributed by atoms with E-state index < -0.39 is 23.6 Å². The molecule has 1 amide bonds. The minimum atomic E-state index is -4.81. The molecule has 168 valence electrons. The summed E-state index contributed by atoms with van der Waals surface area (Å²) in [6.07, 6.45) is 0.600. The molecule has 3 aromatic rings. The summed E-state index contributed by atoms with van der Waals surface area (Å²) in [5.74, 6) is -1.37. The SMILES string of the molecule is C1CCOC1.NC(=O)c1cc(-c2ccc(OC(F)(F)F)cc2)nn(-c2cccnc2)c1=O. The van der Waals surface area contributed by atoms with Crippen LogP contribution in [0.2, 0.25) is 0 Å². The van der Waals surface area contributed by atoms with Crippen molar-refractivity contribution in [3.05, 3.63) is 70.8 Å². The van der Waals surface area contributed by atoms with Gasteiger partial charge in [0.2, 0.25) is 0 Å². The van der Waals surface area contributed by atoms with Gasteiger partial charge in [-0.2, -0.15) is 9.78 Å². The Kier molecular flexibility index (Phi) is 7.21. The zero-order chi connectivity index (χ0) is 23.1. The van der Waals surface area contributed by atoms with Crippen molar-refractivity contribution in [2.45, 2.75) is 19.2 Å². The molecular weight excluding hydrogens is 429 g/mol. The zero-order valence-corrected chi connectivity index (χ0v) is 16.7. The molecule has 0 radical (unpaired) electrons. The molecule has 4 rings (SSSR count). The van der Waals surface area contributed by atoms with Crippen LogP contribution in [-0.4, -0.2) is 40.2 Å². The molecule has 1 aromatic carbocycles. The van der Waals surface area contributed by atoms with E-state index in [-0.39, 0.29) is 11.3 Å². The van der Waals surface area contributed by atoms with Crippen molar-refractivity contribution in [2.75, 3.05) is 13.2 Å². The van der Waals surface area contributed by atoms with Crippen molar-refractivity contribution in [3.8, 4) is 22.7 Å². The first-order valence-corrected chi connectivity index (χ1v) is 9.53. The van der Waals surface area contributed by atoms with Gasteiger partial charge in [-0.3, -0.25) is 14.6 Å². The molecule has 0 spiro atoms. The quantitative estimate of drug-likeness (QED) is 0.657. The van der Waals surface area contributed by atoms with Crippen LogP contribution in [0.3, 0.4) is 0 Å². The first-order chi connectivity index (χ1) is 15.2. The van der Waals surface area contributed by atoms with Crippen molar-refractivity contribution in [3.63, 3.8) is 0 Å². The average molecular weight is 448 g/mol. The fraction of sp³-hybridized carbons (Fsp3) is 0.238. The molecule has 11 heteroatoms. The second-order valence-electron chi connectivity index (χ2n) is 6.63. The maximum Gasteiger partial charge on any atom is 0.573 e. The fourth-order valence-electron chi connectivity index (χ4n) is 2.80. The number of primary amides is 1. The Labute approximate surface area is 180 Å². The third-order valence-corrected chi connectivity index (χ3v) is 4.28. The first kappa shape index (κ1) is 22.9. The second kappa shape index (κ2) is 10.1. The number of nitrogens with zero attached hydrogens (tertiary/aromatic N) is 3. The van der Waals surface area contributed by atoms with Gasteiger partial charge in [0.05, 0.1) is 17.6 Å². The van der Waals surface area contributed by atoms with E-state index in [1.165, 1.54) is 43.4 Å². The van der Waals surface area contributed by atoms with E-state index in [1.54, 1.807) is 12.1 Å². The third-order valence-electron chi connectivity index (χ3n) is 4.28. The number of hydrogen-bond acceptors (Lipinski definition) is 6. The van der Waals surface area contributed by atoms with Crippen molar-refractivity contribution in [1.29, 1.82) is 0 Å². The number of benzene rings is 1. The van der Waals surface area contributed by atoms with Crippen LogP contribution in [0.15, 0.2) is 59.7 Å². The van der Waals surface area contributed by atoms with Crippen LogP contribution >= 0.6 is 0 Å². The van der Waals surface area contributed by atoms with Crippen LogP contribution in [0.1, 0.15) is 23.2 Å². The standard InChI is InChI=1S/C17H11F3N4O3.C4H8O/c18-17(19,20)27-12-5-3-10(4-6-12)14-8-13(15(21)25)16(26)24(23-14)11-2-1-7-22-9-11;1-2-4-5-3-1/h1-9H,(H2,21,25);1-4H2. The van der Waals surface area contributed by atoms with E-state index in [2.05, 4.69) is 14.8 Å². The predicted molar refractivity (Wildman–Crippen MR) is 108 cm³/mol. The largest absolute Gasteiger partial charge is 0.573 e. The smallest absolute Gasteiger partial charge is 0.406 e. The molecule has 0 unspecified atom stereocenters. The van der Waals surface area contributed by atoms with Crippen LogP contribution in [0.5, 0.6) is 5.75 Å². The van der Waals surface area contributed by atoms with E-state index in [0.29, 0.717) is 11.3 Å². The Morgan fingerprint density at radius 2 is 1.81 bits per heavy atom. The predicted octanol–water partition coefficient (Wildman–Crippen LogP) is 3.09. The highest BCUT2D eigenvalue weighted by atomic mass is 19.4. The van der Waals surface area contributed by atoms with E-state index >= 15 is 0 Å². The molecule has 0 bridgehead atoms. The number of alkyl halides is 3. The molecule has 0 saturated carbocycles. The third kappa shape index (κ3) is 6.14. The highest BCUT2D eigenvalue weighted by Crippen LogP contribution is 2.26. The fourth-order valence-corrected chi connectivity index (χ4v) is 2.80. The highest BCUT2D eigenvalue weighted by Gasteiger charge is 2.31. The summed E-state index contributed by atoms with van der Waals surface area (Å²) in [6, 6.07) is 9.11. The van der Waals surface area contributed by atoms with Crippen molar-refractivity contribution in [2.24, 2.45) is 5.73 Å². The van der Waals surface area contributed by atoms with Gasteiger partial charge in [0.25, 0.3) is 11.5 Å². The molecule has 2 aromatic heterocycles. The molecule has 8 nitrogen and oxygen atoms in total. The highest BCUT2D eigenvalue weighted by molar-refractivity contribution is 5.93. The van der Waals surface area contributed by atoms with Crippen LogP contribution in [0, 0.1) is 0 Å². The lowest BCUT2D eigenvalue weighted by Crippen LogP contribution is -2.30. The van der Waals surface area contributed by atoms with Gasteiger partial charge in [-0.15, -0.1) is 13.2 Å². The Bertz CT molecular complexity index is 1110. The molecule has 0 atom stereocenters. The minimum absolute atomic E-state index is 0.158. The number of nitrogens with two attached hydrogens (primary N) is 1. The van der Waals surface area contributed by atoms with Gasteiger partial charge in [0.15, 0.2) is 0 Å². The summed E-state index contributed by atoms with van der Waals surface area (Å²) < 4.78 is 46.5. The van der Waals surface area contributed by atoms with E-state index in [9.17, 15) is 22.8 Å². The monoisotopic (exact) mass is 448 g/mol. The van der Waals surface area contributed by atoms with E-state index in [1.807, 2.05) is 0 Å². The van der Waals surface area contributed by atoms with Crippen molar-refractivity contribution >= 4 is 5.91 Å². The Balaban J connectivity index is 0.000000509. The van der Waals surface area contributed by atoms with E-state index in [0.717, 1.165) is 30.0 Å². The molecule has 1 aliphatic rings. The van der Waals surface area contributed by atoms with E-state index in [4.69, 9.17) is 10.5 Å². The molecule has 3 heterocycles. The number of rotatable bonds is 4. The summed E-state index contributed by atoms with van der Waals surface area (Å²) in [7, 11) is 0. The van der Waals surface area contributed by atoms with Gasteiger partial charge < -0.3 is 15.2 Å². The van der Waals surface area contributed by atoms with Gasteiger partial charge in [-0.1, -0.05) is 0 Å². The first-order valence-electron chi connectivity index (χ1n) is 9.53. The number of pyridine rings is 1. The summed E-state index contributed by atoms with van der Waals surface area (Å²) in [4.78, 5) is 27.9. The van der Waals surface area contributed by atoms with Crippen LogP contribution in [-0.2, 0) is 4.74 Å². The lowest BCUT2D eigenvalue weighted by Gasteiger charge is -2.11. The number of aromatic nitrogens is 3. The van der Waals surface area contributed by atoms with Gasteiger partial charge in [-0.05, 0) is 55.3 Å². The molecular formula is C21H19F3N4O4. The normalized spacial score (nSPS) is 13.2. The average Bonchev–Trinajstić information content (AvgIpc) is 3.34. The van der Waals surface area contributed by atoms with Gasteiger partial charge in [0.1, 0.15) is 11.3 Å². The van der Waals surface area contributed by atoms with Crippen LogP contribution < -0.4 is 16.0 Å². The van der Waals surface area contributed by atoms with Crippen molar-refractivity contribution in [1.82, 2.24) is 14.8 Å². The zero-order valence-electron chi connectivity index (χ0n) is 16.7. The van der Waals surface area contributed by atoms with Crippen molar-refractivity contribution < 1.29 is 27.4 Å². The maximum absolute atomic E-state index is 12.4. The van der Waals surface area contributed by atoms with Crippen LogP contribution in [0.4, 0.5) is 13.2 Å². The number of carbonyl (C=O) groups is 1. The van der Waals surface area contributed by atoms with Gasteiger partial charge in [0, 0.05) is 25.0 Å². The molecule has 1 saturated heterocycles. The Morgan fingerprint density at radius 3 is 2.31 bits per heavy atom. The molecule has 2 N–H and O–H groups in total. The second-order valence-corrected chi connectivity index (χ2v) is 6.63. The number of amides is 1.